The molecule has 0 radical (unpaired) electrons. The lowest BCUT2D eigenvalue weighted by Gasteiger charge is -2.07. The molecular formula is C21H32N3PS2. The molecule has 0 amide bonds. The van der Waals surface area contributed by atoms with Gasteiger partial charge in [0.2, 0.25) is 0 Å². The minimum Gasteiger partial charge on any atom is -0.377 e. The summed E-state index contributed by atoms with van der Waals surface area (Å²) in [6.45, 7) is 11.1. The third kappa shape index (κ3) is 5.49. The highest BCUT2D eigenvalue weighted by Crippen LogP contribution is 2.49. The molecule has 3 aromatic heterocycles. The van der Waals surface area contributed by atoms with Crippen molar-refractivity contribution < 1.29 is 0 Å². The third-order valence-electron chi connectivity index (χ3n) is 4.26. The van der Waals surface area contributed by atoms with Gasteiger partial charge in [0.05, 0.1) is 22.4 Å². The van der Waals surface area contributed by atoms with Crippen LogP contribution in [0.25, 0.3) is 10.2 Å². The molecule has 1 unspecified atom stereocenters. The fourth-order valence-electron chi connectivity index (χ4n) is 3.11. The van der Waals surface area contributed by atoms with Crippen LogP contribution in [-0.4, -0.2) is 16.6 Å². The van der Waals surface area contributed by atoms with Crippen LogP contribution in [0.1, 0.15) is 67.1 Å². The van der Waals surface area contributed by atoms with Crippen molar-refractivity contribution in [3.8, 4) is 0 Å². The molecule has 0 aromatic carbocycles. The van der Waals surface area contributed by atoms with Gasteiger partial charge in [-0.05, 0) is 43.7 Å². The smallest absolute Gasteiger partial charge is 0.112 e. The first-order valence-corrected chi connectivity index (χ1v) is 12.7. The van der Waals surface area contributed by atoms with Crippen LogP contribution in [0.5, 0.6) is 0 Å². The molecule has 1 atom stereocenters. The van der Waals surface area contributed by atoms with Crippen LogP contribution in [0.15, 0.2) is 17.6 Å². The molecule has 3 heterocycles. The number of nitrogens with zero attached hydrogens (tertiary/aromatic N) is 2. The van der Waals surface area contributed by atoms with Crippen molar-refractivity contribution in [1.29, 1.82) is 0 Å². The molecule has 1 aliphatic rings. The largest absolute Gasteiger partial charge is 0.377 e. The van der Waals surface area contributed by atoms with E-state index in [1.54, 1.807) is 21.8 Å². The molecule has 1 saturated carbocycles. The topological polar surface area (TPSA) is 37.8 Å². The first kappa shape index (κ1) is 22.3. The molecule has 148 valence electrons. The van der Waals surface area contributed by atoms with Crippen molar-refractivity contribution in [3.63, 3.8) is 0 Å². The summed E-state index contributed by atoms with van der Waals surface area (Å²) in [4.78, 5) is 10.8. The summed E-state index contributed by atoms with van der Waals surface area (Å²) < 4.78 is 1.33. The molecule has 1 aliphatic carbocycles. The number of thiazole rings is 1. The van der Waals surface area contributed by atoms with E-state index in [-0.39, 0.29) is 0 Å². The van der Waals surface area contributed by atoms with E-state index < -0.39 is 0 Å². The Morgan fingerprint density at radius 3 is 2.59 bits per heavy atom. The second-order valence-electron chi connectivity index (χ2n) is 6.23. The van der Waals surface area contributed by atoms with Gasteiger partial charge in [0, 0.05) is 22.1 Å². The Hall–Kier alpha value is -1.03. The van der Waals surface area contributed by atoms with Gasteiger partial charge < -0.3 is 5.32 Å². The van der Waals surface area contributed by atoms with Gasteiger partial charge in [0.1, 0.15) is 5.01 Å². The first-order chi connectivity index (χ1) is 13.3. The third-order valence-corrected chi connectivity index (χ3v) is 6.33. The minimum atomic E-state index is 0.756. The monoisotopic (exact) mass is 421 g/mol. The van der Waals surface area contributed by atoms with Crippen LogP contribution in [0, 0.1) is 6.92 Å². The number of pyridine rings is 1. The van der Waals surface area contributed by atoms with Crippen LogP contribution in [0.4, 0.5) is 5.69 Å². The summed E-state index contributed by atoms with van der Waals surface area (Å²) in [5.41, 5.74) is 5.12. The molecule has 3 aromatic rings. The van der Waals surface area contributed by atoms with E-state index in [1.165, 1.54) is 41.6 Å². The van der Waals surface area contributed by atoms with Gasteiger partial charge in [-0.25, -0.2) is 4.98 Å². The fourth-order valence-corrected chi connectivity index (χ4v) is 5.08. The van der Waals surface area contributed by atoms with Crippen molar-refractivity contribution in [3.05, 3.63) is 38.8 Å². The van der Waals surface area contributed by atoms with E-state index in [0.717, 1.165) is 23.2 Å². The van der Waals surface area contributed by atoms with Crippen molar-refractivity contribution >= 4 is 47.8 Å². The summed E-state index contributed by atoms with van der Waals surface area (Å²) in [6, 6.07) is 2.18. The Kier molecular flexibility index (Phi) is 9.14. The molecule has 1 N–H and O–H groups in total. The average molecular weight is 422 g/mol. The maximum atomic E-state index is 4.90. The highest BCUT2D eigenvalue weighted by atomic mass is 32.1. The Bertz CT molecular complexity index is 824. The number of aromatic nitrogens is 2. The molecule has 3 nitrogen and oxygen atoms in total. The van der Waals surface area contributed by atoms with E-state index in [1.807, 2.05) is 43.4 Å². The number of anilines is 1. The molecule has 0 aliphatic heterocycles. The van der Waals surface area contributed by atoms with Crippen LogP contribution in [0.2, 0.25) is 0 Å². The predicted molar refractivity (Wildman–Crippen MR) is 127 cm³/mol. The summed E-state index contributed by atoms with van der Waals surface area (Å²) in [5, 5.41) is 6.74. The second-order valence-corrected chi connectivity index (χ2v) is 8.32. The summed E-state index contributed by atoms with van der Waals surface area (Å²) in [6.07, 6.45) is 6.91. The zero-order chi connectivity index (χ0) is 19.8. The van der Waals surface area contributed by atoms with E-state index in [4.69, 9.17) is 4.98 Å². The normalized spacial score (nSPS) is 12.8. The van der Waals surface area contributed by atoms with Gasteiger partial charge >= 0.3 is 0 Å². The Labute approximate surface area is 174 Å². The number of aryl methyl sites for hydroxylation is 2. The lowest BCUT2D eigenvalue weighted by Crippen LogP contribution is -2.00. The highest BCUT2D eigenvalue weighted by molar-refractivity contribution is 7.19. The number of fused-ring (bicyclic) bond motifs is 1. The molecule has 0 spiro atoms. The summed E-state index contributed by atoms with van der Waals surface area (Å²) in [5.74, 6) is 0.756. The zero-order valence-corrected chi connectivity index (χ0v) is 19.9. The number of hydrogen-bond acceptors (Lipinski definition) is 5. The van der Waals surface area contributed by atoms with Crippen LogP contribution in [0.3, 0.4) is 0 Å². The number of nitrogens with one attached hydrogen (secondary N) is 1. The number of thiophene rings is 1. The molecule has 0 saturated heterocycles. The van der Waals surface area contributed by atoms with Crippen LogP contribution < -0.4 is 5.32 Å². The summed E-state index contributed by atoms with van der Waals surface area (Å²) >= 11 is 3.64. The molecule has 1 fully saturated rings. The number of rotatable bonds is 6. The average Bonchev–Trinajstić information content (AvgIpc) is 3.26. The minimum absolute atomic E-state index is 0.756. The Morgan fingerprint density at radius 1 is 1.26 bits per heavy atom. The van der Waals surface area contributed by atoms with Gasteiger partial charge in [-0.15, -0.1) is 31.9 Å². The fraction of sp³-hybridized carbons (Fsp3) is 0.524. The zero-order valence-electron chi connectivity index (χ0n) is 17.1. The summed E-state index contributed by atoms with van der Waals surface area (Å²) in [7, 11) is 2.42. The van der Waals surface area contributed by atoms with Crippen molar-refractivity contribution in [1.82, 2.24) is 9.97 Å². The lowest BCUT2D eigenvalue weighted by molar-refractivity contribution is 0.920. The lowest BCUT2D eigenvalue weighted by atomic mass is 10.1. The van der Waals surface area contributed by atoms with Gasteiger partial charge in [-0.2, -0.15) is 0 Å². The van der Waals surface area contributed by atoms with Crippen LogP contribution >= 0.6 is 31.9 Å². The Balaban J connectivity index is 0.000000614. The molecule has 27 heavy (non-hydrogen) atoms. The molecular weight excluding hydrogens is 389 g/mol. The van der Waals surface area contributed by atoms with Crippen LogP contribution in [-0.2, 0) is 13.0 Å². The van der Waals surface area contributed by atoms with Gasteiger partial charge in [-0.1, -0.05) is 33.9 Å². The highest BCUT2D eigenvalue weighted by Gasteiger charge is 2.30. The quantitative estimate of drug-likeness (QED) is 0.435. The van der Waals surface area contributed by atoms with Gasteiger partial charge in [0.25, 0.3) is 0 Å². The van der Waals surface area contributed by atoms with E-state index in [2.05, 4.69) is 39.5 Å². The van der Waals surface area contributed by atoms with E-state index >= 15 is 0 Å². The number of hydrogen-bond donors (Lipinski definition) is 1. The second kappa shape index (κ2) is 11.1. The SMILES string of the molecule is CC.CCCc1sc2c(NCc3nccs3)cc(C)nc2c1C1CC1.CP. The Morgan fingerprint density at radius 2 is 2.00 bits per heavy atom. The maximum Gasteiger partial charge on any atom is 0.112 e. The van der Waals surface area contributed by atoms with Crippen molar-refractivity contribution in [2.45, 2.75) is 65.8 Å². The van der Waals surface area contributed by atoms with Crippen molar-refractivity contribution in [2.75, 3.05) is 12.0 Å². The standard InChI is InChI=1S/C18H21N3S2.C2H6.CH5P/c1-3-4-14-16(12-5-6-12)17-18(23-14)13(9-11(2)21-17)20-10-15-19-7-8-22-15;2*1-2/h7-9,12H,3-6,10H2,1-2H3,(H,20,21);1-2H3;2H2,1H3. The first-order valence-electron chi connectivity index (χ1n) is 9.89. The predicted octanol–water partition coefficient (Wildman–Crippen LogP) is 7.02. The van der Waals surface area contributed by atoms with E-state index in [9.17, 15) is 0 Å². The van der Waals surface area contributed by atoms with E-state index in [0.29, 0.717) is 0 Å². The van der Waals surface area contributed by atoms with Gasteiger partial charge in [0.15, 0.2) is 0 Å². The molecule has 0 bridgehead atoms. The molecule has 4 rings (SSSR count). The van der Waals surface area contributed by atoms with Crippen molar-refractivity contribution in [2.24, 2.45) is 0 Å². The molecule has 6 heteroatoms. The maximum absolute atomic E-state index is 4.90. The van der Waals surface area contributed by atoms with Gasteiger partial charge in [-0.3, -0.25) is 4.98 Å².